The fraction of sp³-hybridized carbons (Fsp3) is 0.429. The Kier molecular flexibility index (Phi) is 5.91. The summed E-state index contributed by atoms with van der Waals surface area (Å²) in [4.78, 5) is 0. The first-order valence-corrected chi connectivity index (χ1v) is 6.06. The molecule has 0 heterocycles. The minimum atomic E-state index is 1.22. The highest BCUT2D eigenvalue weighted by molar-refractivity contribution is 6.34. The van der Waals surface area contributed by atoms with Gasteiger partial charge in [-0.15, -0.1) is 0 Å². The first kappa shape index (κ1) is 12.1. The summed E-state index contributed by atoms with van der Waals surface area (Å²) in [5.41, 5.74) is 2.72. The first-order chi connectivity index (χ1) is 7.34. The summed E-state index contributed by atoms with van der Waals surface area (Å²) < 4.78 is 0. The van der Waals surface area contributed by atoms with Crippen LogP contribution in [0.15, 0.2) is 30.3 Å². The van der Waals surface area contributed by atoms with Crippen molar-refractivity contribution in [3.8, 4) is 0 Å². The second-order valence-corrected chi connectivity index (χ2v) is 4.11. The zero-order valence-electron chi connectivity index (χ0n) is 10.00. The zero-order valence-corrected chi connectivity index (χ0v) is 10.00. The van der Waals surface area contributed by atoms with Gasteiger partial charge in [0, 0.05) is 0 Å². The maximum absolute atomic E-state index is 2.30. The third kappa shape index (κ3) is 4.87. The lowest BCUT2D eigenvalue weighted by Crippen LogP contribution is -2.04. The average Bonchev–Trinajstić information content (AvgIpc) is 2.25. The van der Waals surface area contributed by atoms with Gasteiger partial charge in [-0.25, -0.2) is 0 Å². The van der Waals surface area contributed by atoms with Gasteiger partial charge in [0.2, 0.25) is 0 Å². The van der Waals surface area contributed by atoms with Crippen molar-refractivity contribution < 1.29 is 0 Å². The molecule has 1 heteroatoms. The van der Waals surface area contributed by atoms with Crippen LogP contribution in [0.3, 0.4) is 0 Å². The van der Waals surface area contributed by atoms with Crippen LogP contribution in [-0.2, 0) is 0 Å². The Morgan fingerprint density at radius 2 is 1.93 bits per heavy atom. The SMILES string of the molecule is Bc1ccccc1/C=C\CCCCCC. The van der Waals surface area contributed by atoms with E-state index in [2.05, 4.69) is 51.2 Å². The van der Waals surface area contributed by atoms with Crippen LogP contribution in [0.25, 0.3) is 6.08 Å². The topological polar surface area (TPSA) is 0 Å². The molecule has 1 aromatic carbocycles. The molecule has 1 rings (SSSR count). The molecule has 0 saturated heterocycles. The predicted octanol–water partition coefficient (Wildman–Crippen LogP) is 2.93. The van der Waals surface area contributed by atoms with Crippen molar-refractivity contribution in [3.63, 3.8) is 0 Å². The van der Waals surface area contributed by atoms with Crippen LogP contribution < -0.4 is 5.46 Å². The molecule has 0 unspecified atom stereocenters. The molecule has 0 nitrogen and oxygen atoms in total. The van der Waals surface area contributed by atoms with Crippen molar-refractivity contribution in [2.75, 3.05) is 0 Å². The average molecular weight is 200 g/mol. The van der Waals surface area contributed by atoms with Crippen LogP contribution in [-0.4, -0.2) is 7.85 Å². The van der Waals surface area contributed by atoms with Gasteiger partial charge in [0.25, 0.3) is 0 Å². The van der Waals surface area contributed by atoms with E-state index < -0.39 is 0 Å². The number of benzene rings is 1. The molecule has 0 spiro atoms. The van der Waals surface area contributed by atoms with Crippen LogP contribution in [0.4, 0.5) is 0 Å². The number of hydrogen-bond acceptors (Lipinski definition) is 0. The van der Waals surface area contributed by atoms with E-state index in [9.17, 15) is 0 Å². The molecule has 1 aromatic rings. The van der Waals surface area contributed by atoms with Gasteiger partial charge in [0.05, 0.1) is 0 Å². The minimum absolute atomic E-state index is 1.22. The maximum Gasteiger partial charge on any atom is 0.140 e. The lowest BCUT2D eigenvalue weighted by molar-refractivity contribution is 0.675. The van der Waals surface area contributed by atoms with Crippen molar-refractivity contribution in [3.05, 3.63) is 35.9 Å². The van der Waals surface area contributed by atoms with Gasteiger partial charge < -0.3 is 0 Å². The number of allylic oxidation sites excluding steroid dienone is 1. The Labute approximate surface area is 94.8 Å². The van der Waals surface area contributed by atoms with E-state index in [-0.39, 0.29) is 0 Å². The van der Waals surface area contributed by atoms with E-state index >= 15 is 0 Å². The van der Waals surface area contributed by atoms with Crippen molar-refractivity contribution in [2.24, 2.45) is 0 Å². The van der Waals surface area contributed by atoms with E-state index in [0.29, 0.717) is 0 Å². The third-order valence-corrected chi connectivity index (χ3v) is 2.71. The molecule has 0 radical (unpaired) electrons. The van der Waals surface area contributed by atoms with Gasteiger partial charge in [0.1, 0.15) is 7.85 Å². The monoisotopic (exact) mass is 200 g/mol. The summed E-state index contributed by atoms with van der Waals surface area (Å²) in [6.07, 6.45) is 11.2. The van der Waals surface area contributed by atoms with Gasteiger partial charge in [-0.05, 0) is 18.4 Å². The Hall–Kier alpha value is -0.975. The predicted molar refractivity (Wildman–Crippen MR) is 72.4 cm³/mol. The number of unbranched alkanes of at least 4 members (excludes halogenated alkanes) is 4. The Balaban J connectivity index is 2.29. The minimum Gasteiger partial charge on any atom is -0.0840 e. The lowest BCUT2D eigenvalue weighted by Gasteiger charge is -1.98. The first-order valence-electron chi connectivity index (χ1n) is 6.06. The summed E-state index contributed by atoms with van der Waals surface area (Å²) in [6.45, 7) is 2.25. The fourth-order valence-electron chi connectivity index (χ4n) is 1.67. The molecule has 0 N–H and O–H groups in total. The summed E-state index contributed by atoms with van der Waals surface area (Å²) >= 11 is 0. The van der Waals surface area contributed by atoms with Crippen LogP contribution in [0.2, 0.25) is 0 Å². The molecule has 0 saturated carbocycles. The van der Waals surface area contributed by atoms with E-state index in [1.54, 1.807) is 0 Å². The normalized spacial score (nSPS) is 11.0. The standard InChI is InChI=1S/C14H21B/c1-2-3-4-5-6-7-10-13-11-8-9-12-14(13)15/h7-12H,2-6,15H2,1H3/b10-7-. The van der Waals surface area contributed by atoms with Crippen LogP contribution in [0.1, 0.15) is 44.6 Å². The molecule has 0 aliphatic heterocycles. The fourth-order valence-corrected chi connectivity index (χ4v) is 1.67. The lowest BCUT2D eigenvalue weighted by atomic mass is 9.90. The van der Waals surface area contributed by atoms with Crippen LogP contribution in [0.5, 0.6) is 0 Å². The van der Waals surface area contributed by atoms with Crippen molar-refractivity contribution in [1.82, 2.24) is 0 Å². The summed E-state index contributed by atoms with van der Waals surface area (Å²) in [6, 6.07) is 8.53. The maximum atomic E-state index is 2.30. The Morgan fingerprint density at radius 3 is 2.67 bits per heavy atom. The van der Waals surface area contributed by atoms with Gasteiger partial charge in [-0.3, -0.25) is 0 Å². The third-order valence-electron chi connectivity index (χ3n) is 2.71. The summed E-state index contributed by atoms with van der Waals surface area (Å²) in [7, 11) is 2.16. The molecule has 15 heavy (non-hydrogen) atoms. The number of rotatable bonds is 6. The second-order valence-electron chi connectivity index (χ2n) is 4.11. The highest BCUT2D eigenvalue weighted by Crippen LogP contribution is 2.05. The van der Waals surface area contributed by atoms with E-state index in [1.165, 1.54) is 43.1 Å². The quantitative estimate of drug-likeness (QED) is 0.489. The highest BCUT2D eigenvalue weighted by atomic mass is 13.9. The molecule has 0 amide bonds. The van der Waals surface area contributed by atoms with Crippen molar-refractivity contribution in [1.29, 1.82) is 0 Å². The van der Waals surface area contributed by atoms with Crippen molar-refractivity contribution >= 4 is 19.4 Å². The van der Waals surface area contributed by atoms with Gasteiger partial charge >= 0.3 is 0 Å². The molecular weight excluding hydrogens is 179 g/mol. The van der Waals surface area contributed by atoms with Gasteiger partial charge in [-0.2, -0.15) is 0 Å². The molecule has 0 aliphatic carbocycles. The largest absolute Gasteiger partial charge is 0.140 e. The summed E-state index contributed by atoms with van der Waals surface area (Å²) in [5, 5.41) is 0. The number of hydrogen-bond donors (Lipinski definition) is 0. The highest BCUT2D eigenvalue weighted by Gasteiger charge is 1.90. The van der Waals surface area contributed by atoms with Crippen molar-refractivity contribution in [2.45, 2.75) is 39.0 Å². The van der Waals surface area contributed by atoms with Gasteiger partial charge in [-0.1, -0.05) is 68.1 Å². The van der Waals surface area contributed by atoms with E-state index in [0.717, 1.165) is 0 Å². The molecule has 0 bridgehead atoms. The van der Waals surface area contributed by atoms with E-state index in [1.807, 2.05) is 0 Å². The molecule has 0 fully saturated rings. The van der Waals surface area contributed by atoms with Crippen LogP contribution in [0, 0.1) is 0 Å². The summed E-state index contributed by atoms with van der Waals surface area (Å²) in [5.74, 6) is 0. The van der Waals surface area contributed by atoms with Gasteiger partial charge in [0.15, 0.2) is 0 Å². The van der Waals surface area contributed by atoms with E-state index in [4.69, 9.17) is 0 Å². The Morgan fingerprint density at radius 1 is 1.13 bits per heavy atom. The van der Waals surface area contributed by atoms with Crippen LogP contribution >= 0.6 is 0 Å². The molecule has 0 aliphatic rings. The molecular formula is C14H21B. The zero-order chi connectivity index (χ0) is 10.9. The molecule has 0 aromatic heterocycles. The molecule has 80 valence electrons. The molecule has 0 atom stereocenters. The smallest absolute Gasteiger partial charge is 0.0840 e. The second kappa shape index (κ2) is 7.33. The Bertz CT molecular complexity index is 302.